The highest BCUT2D eigenvalue weighted by Gasteiger charge is 2.13. The number of morpholine rings is 1. The van der Waals surface area contributed by atoms with Crippen LogP contribution in [0.25, 0.3) is 11.4 Å². The van der Waals surface area contributed by atoms with Crippen molar-refractivity contribution in [2.24, 2.45) is 0 Å². The summed E-state index contributed by atoms with van der Waals surface area (Å²) in [5, 5.41) is 3.04. The Morgan fingerprint density at radius 3 is 2.74 bits per heavy atom. The molecule has 0 bridgehead atoms. The molecule has 162 valence electrons. The number of nitrogens with zero attached hydrogens (tertiary/aromatic N) is 4. The molecule has 0 spiro atoms. The van der Waals surface area contributed by atoms with Crippen molar-refractivity contribution in [1.29, 1.82) is 0 Å². The van der Waals surface area contributed by atoms with E-state index in [1.165, 1.54) is 0 Å². The third-order valence-corrected chi connectivity index (χ3v) is 5.53. The Hall–Kier alpha value is -3.19. The second kappa shape index (κ2) is 10.2. The van der Waals surface area contributed by atoms with Crippen LogP contribution < -0.4 is 10.2 Å². The van der Waals surface area contributed by atoms with Gasteiger partial charge in [0, 0.05) is 56.3 Å². The summed E-state index contributed by atoms with van der Waals surface area (Å²) < 4.78 is 7.55. The zero-order valence-electron chi connectivity index (χ0n) is 18.0. The fourth-order valence-electron chi connectivity index (χ4n) is 3.80. The molecule has 7 nitrogen and oxygen atoms in total. The van der Waals surface area contributed by atoms with Crippen LogP contribution in [0.1, 0.15) is 17.7 Å². The van der Waals surface area contributed by atoms with Gasteiger partial charge in [-0.15, -0.1) is 0 Å². The van der Waals surface area contributed by atoms with Gasteiger partial charge in [-0.3, -0.25) is 4.79 Å². The molecule has 1 aliphatic heterocycles. The van der Waals surface area contributed by atoms with Crippen molar-refractivity contribution in [3.8, 4) is 11.4 Å². The topological polar surface area (TPSA) is 72.3 Å². The molecule has 1 amide bonds. The number of rotatable bonds is 8. The first-order valence-electron chi connectivity index (χ1n) is 10.8. The quantitative estimate of drug-likeness (QED) is 0.608. The summed E-state index contributed by atoms with van der Waals surface area (Å²) in [6.45, 7) is 6.48. The third kappa shape index (κ3) is 5.49. The molecule has 0 radical (unpaired) electrons. The zero-order valence-corrected chi connectivity index (χ0v) is 18.0. The van der Waals surface area contributed by atoms with Gasteiger partial charge in [-0.25, -0.2) is 9.97 Å². The van der Waals surface area contributed by atoms with Crippen LogP contribution in [0, 0.1) is 6.92 Å². The Kier molecular flexibility index (Phi) is 6.94. The number of amides is 1. The summed E-state index contributed by atoms with van der Waals surface area (Å²) in [4.78, 5) is 23.6. The van der Waals surface area contributed by atoms with Crippen LogP contribution in [0.4, 0.5) is 5.82 Å². The van der Waals surface area contributed by atoms with Gasteiger partial charge < -0.3 is 19.5 Å². The third-order valence-electron chi connectivity index (χ3n) is 5.53. The van der Waals surface area contributed by atoms with Crippen molar-refractivity contribution in [3.63, 3.8) is 0 Å². The van der Waals surface area contributed by atoms with E-state index >= 15 is 0 Å². The first kappa shape index (κ1) is 21.1. The molecule has 1 aliphatic rings. The van der Waals surface area contributed by atoms with Gasteiger partial charge in [0.1, 0.15) is 11.6 Å². The minimum absolute atomic E-state index is 0.0590. The molecule has 31 heavy (non-hydrogen) atoms. The Bertz CT molecular complexity index is 996. The van der Waals surface area contributed by atoms with E-state index < -0.39 is 0 Å². The van der Waals surface area contributed by atoms with Crippen molar-refractivity contribution in [2.45, 2.75) is 26.3 Å². The summed E-state index contributed by atoms with van der Waals surface area (Å²) in [7, 11) is 0. The number of hydrogen-bond acceptors (Lipinski definition) is 5. The number of aromatic nitrogens is 3. The van der Waals surface area contributed by atoms with Gasteiger partial charge in [0.05, 0.1) is 13.2 Å². The van der Waals surface area contributed by atoms with Crippen molar-refractivity contribution < 1.29 is 9.53 Å². The Labute approximate surface area is 183 Å². The van der Waals surface area contributed by atoms with Crippen LogP contribution in [0.15, 0.2) is 54.9 Å². The smallest absolute Gasteiger partial charge is 0.220 e. The van der Waals surface area contributed by atoms with Crippen LogP contribution in [-0.2, 0) is 22.5 Å². The first-order chi connectivity index (χ1) is 15.2. The molecule has 7 heteroatoms. The SMILES string of the molecule is Cc1cnc(-c2ccccc2)n1CCNC(=O)CCc1ccnc(N2CCOCC2)c1. The summed E-state index contributed by atoms with van der Waals surface area (Å²) in [6, 6.07) is 14.2. The molecule has 1 saturated heterocycles. The number of carbonyl (C=O) groups is 1. The summed E-state index contributed by atoms with van der Waals surface area (Å²) in [5.41, 5.74) is 3.29. The van der Waals surface area contributed by atoms with Crippen molar-refractivity contribution in [1.82, 2.24) is 19.9 Å². The van der Waals surface area contributed by atoms with Gasteiger partial charge in [0.15, 0.2) is 0 Å². The maximum absolute atomic E-state index is 12.4. The van der Waals surface area contributed by atoms with E-state index in [2.05, 4.69) is 43.0 Å². The molecular formula is C24H29N5O2. The predicted molar refractivity (Wildman–Crippen MR) is 121 cm³/mol. The number of anilines is 1. The minimum Gasteiger partial charge on any atom is -0.378 e. The van der Waals surface area contributed by atoms with E-state index in [0.29, 0.717) is 25.9 Å². The number of benzene rings is 1. The van der Waals surface area contributed by atoms with E-state index in [1.807, 2.05) is 43.6 Å². The molecule has 2 aromatic heterocycles. The second-order valence-corrected chi connectivity index (χ2v) is 7.71. The van der Waals surface area contributed by atoms with Gasteiger partial charge in [-0.05, 0) is 31.0 Å². The molecule has 0 aliphatic carbocycles. The number of carbonyl (C=O) groups excluding carboxylic acids is 1. The lowest BCUT2D eigenvalue weighted by molar-refractivity contribution is -0.121. The second-order valence-electron chi connectivity index (χ2n) is 7.71. The summed E-state index contributed by atoms with van der Waals surface area (Å²) in [6.07, 6.45) is 4.86. The van der Waals surface area contributed by atoms with Crippen LogP contribution in [0.2, 0.25) is 0 Å². The fourth-order valence-corrected chi connectivity index (χ4v) is 3.80. The van der Waals surface area contributed by atoms with Crippen LogP contribution >= 0.6 is 0 Å². The predicted octanol–water partition coefficient (Wildman–Crippen LogP) is 2.84. The Balaban J connectivity index is 1.27. The van der Waals surface area contributed by atoms with Gasteiger partial charge in [0.2, 0.25) is 5.91 Å². The number of aryl methyl sites for hydroxylation is 2. The first-order valence-corrected chi connectivity index (χ1v) is 10.8. The Morgan fingerprint density at radius 2 is 1.94 bits per heavy atom. The molecular weight excluding hydrogens is 390 g/mol. The maximum atomic E-state index is 12.4. The maximum Gasteiger partial charge on any atom is 0.220 e. The average molecular weight is 420 g/mol. The molecule has 1 N–H and O–H groups in total. The van der Waals surface area contributed by atoms with Crippen molar-refractivity contribution in [2.75, 3.05) is 37.7 Å². The molecule has 0 atom stereocenters. The number of imidazole rings is 1. The zero-order chi connectivity index (χ0) is 21.5. The van der Waals surface area contributed by atoms with Gasteiger partial charge >= 0.3 is 0 Å². The fraction of sp³-hybridized carbons (Fsp3) is 0.375. The van der Waals surface area contributed by atoms with Crippen LogP contribution in [0.3, 0.4) is 0 Å². The highest BCUT2D eigenvalue weighted by molar-refractivity contribution is 5.76. The monoisotopic (exact) mass is 419 g/mol. The van der Waals surface area contributed by atoms with E-state index in [-0.39, 0.29) is 5.91 Å². The van der Waals surface area contributed by atoms with Crippen LogP contribution in [0.5, 0.6) is 0 Å². The lowest BCUT2D eigenvalue weighted by atomic mass is 10.1. The number of nitrogens with one attached hydrogen (secondary N) is 1. The highest BCUT2D eigenvalue weighted by Crippen LogP contribution is 2.19. The summed E-state index contributed by atoms with van der Waals surface area (Å²) in [5.74, 6) is 1.95. The normalized spacial score (nSPS) is 13.9. The highest BCUT2D eigenvalue weighted by atomic mass is 16.5. The molecule has 1 aromatic carbocycles. The average Bonchev–Trinajstić information content (AvgIpc) is 3.19. The number of ether oxygens (including phenoxy) is 1. The standard InChI is InChI=1S/C24H29N5O2/c1-19-18-27-24(21-5-3-2-4-6-21)29(19)12-11-26-23(30)8-7-20-9-10-25-22(17-20)28-13-15-31-16-14-28/h2-6,9-10,17-18H,7-8,11-16H2,1H3,(H,26,30). The van der Waals surface area contributed by atoms with Crippen LogP contribution in [-0.4, -0.2) is 53.3 Å². The largest absolute Gasteiger partial charge is 0.378 e. The van der Waals surface area contributed by atoms with Gasteiger partial charge in [-0.1, -0.05) is 30.3 Å². The lowest BCUT2D eigenvalue weighted by Gasteiger charge is -2.28. The summed E-state index contributed by atoms with van der Waals surface area (Å²) >= 11 is 0. The molecule has 3 heterocycles. The van der Waals surface area contributed by atoms with E-state index in [0.717, 1.165) is 54.8 Å². The van der Waals surface area contributed by atoms with E-state index in [9.17, 15) is 4.79 Å². The van der Waals surface area contributed by atoms with E-state index in [1.54, 1.807) is 0 Å². The molecule has 4 rings (SSSR count). The lowest BCUT2D eigenvalue weighted by Crippen LogP contribution is -2.36. The molecule has 0 saturated carbocycles. The van der Waals surface area contributed by atoms with Gasteiger partial charge in [0.25, 0.3) is 0 Å². The number of pyridine rings is 1. The minimum atomic E-state index is 0.0590. The van der Waals surface area contributed by atoms with Crippen molar-refractivity contribution in [3.05, 3.63) is 66.1 Å². The molecule has 3 aromatic rings. The molecule has 0 unspecified atom stereocenters. The Morgan fingerprint density at radius 1 is 1.13 bits per heavy atom. The van der Waals surface area contributed by atoms with Crippen molar-refractivity contribution >= 4 is 11.7 Å². The van der Waals surface area contributed by atoms with E-state index in [4.69, 9.17) is 4.74 Å². The number of hydrogen-bond donors (Lipinski definition) is 1. The van der Waals surface area contributed by atoms with Gasteiger partial charge in [-0.2, -0.15) is 0 Å². The molecule has 1 fully saturated rings.